The van der Waals surface area contributed by atoms with Gasteiger partial charge in [0.25, 0.3) is 17.4 Å². The molecule has 0 atom stereocenters. The molecule has 0 aliphatic carbocycles. The first-order chi connectivity index (χ1) is 9.90. The first kappa shape index (κ1) is 13.6. The predicted molar refractivity (Wildman–Crippen MR) is 80.7 cm³/mol. The molecule has 6 nitrogen and oxygen atoms in total. The van der Waals surface area contributed by atoms with Gasteiger partial charge in [-0.1, -0.05) is 15.9 Å². The molecule has 106 valence electrons. The number of nitrogen functional groups attached to an aromatic ring is 1. The molecular formula is C14H10BrN3O3. The number of fused-ring (bicyclic) bond motifs is 1. The number of carbonyl (C=O) groups is 2. The van der Waals surface area contributed by atoms with Gasteiger partial charge < -0.3 is 5.73 Å². The highest BCUT2D eigenvalue weighted by Crippen LogP contribution is 2.25. The van der Waals surface area contributed by atoms with Crippen LogP contribution in [0.4, 0.5) is 5.82 Å². The Labute approximate surface area is 127 Å². The van der Waals surface area contributed by atoms with E-state index in [2.05, 4.69) is 21.2 Å². The fourth-order valence-corrected chi connectivity index (χ4v) is 2.87. The van der Waals surface area contributed by atoms with Crippen LogP contribution in [0.1, 0.15) is 26.3 Å². The molecule has 0 unspecified atom stereocenters. The topological polar surface area (TPSA) is 94.2 Å². The van der Waals surface area contributed by atoms with E-state index < -0.39 is 17.4 Å². The van der Waals surface area contributed by atoms with Crippen molar-refractivity contribution in [2.75, 3.05) is 5.73 Å². The number of pyridine rings is 1. The van der Waals surface area contributed by atoms with E-state index >= 15 is 0 Å². The molecule has 1 aromatic carbocycles. The zero-order chi connectivity index (χ0) is 15.3. The molecule has 0 bridgehead atoms. The zero-order valence-electron chi connectivity index (χ0n) is 10.9. The minimum Gasteiger partial charge on any atom is -0.384 e. The Bertz CT molecular complexity index is 870. The smallest absolute Gasteiger partial charge is 0.262 e. The van der Waals surface area contributed by atoms with Crippen molar-refractivity contribution in [1.82, 2.24) is 9.88 Å². The molecule has 2 heterocycles. The number of hydrogen-bond donors (Lipinski definition) is 2. The van der Waals surface area contributed by atoms with Crippen LogP contribution < -0.4 is 16.6 Å². The number of aromatic nitrogens is 1. The molecule has 1 aliphatic rings. The molecule has 3 rings (SSSR count). The summed E-state index contributed by atoms with van der Waals surface area (Å²) in [5.74, 6) is -1.22. The third kappa shape index (κ3) is 1.97. The Morgan fingerprint density at radius 3 is 2.52 bits per heavy atom. The fourth-order valence-electron chi connectivity index (χ4n) is 2.40. The quantitative estimate of drug-likeness (QED) is 0.762. The Morgan fingerprint density at radius 2 is 1.86 bits per heavy atom. The van der Waals surface area contributed by atoms with Gasteiger partial charge in [0.15, 0.2) is 0 Å². The van der Waals surface area contributed by atoms with E-state index in [1.165, 1.54) is 4.57 Å². The Hall–Kier alpha value is -2.41. The van der Waals surface area contributed by atoms with E-state index in [0.717, 1.165) is 16.1 Å². The van der Waals surface area contributed by atoms with Crippen molar-refractivity contribution >= 4 is 33.6 Å². The first-order valence-electron chi connectivity index (χ1n) is 6.08. The van der Waals surface area contributed by atoms with Crippen molar-refractivity contribution in [2.24, 2.45) is 0 Å². The van der Waals surface area contributed by atoms with Gasteiger partial charge in [0.2, 0.25) is 0 Å². The number of nitrogens with zero attached hydrogens (tertiary/aromatic N) is 1. The van der Waals surface area contributed by atoms with Gasteiger partial charge in [-0.05, 0) is 30.7 Å². The molecule has 7 heteroatoms. The number of carbonyl (C=O) groups excluding carboxylic acids is 2. The molecule has 0 fully saturated rings. The number of nitrogens with two attached hydrogens (primary N) is 1. The van der Waals surface area contributed by atoms with Crippen LogP contribution in [0.15, 0.2) is 33.5 Å². The van der Waals surface area contributed by atoms with Gasteiger partial charge in [-0.2, -0.15) is 0 Å². The molecule has 2 amide bonds. The second-order valence-electron chi connectivity index (χ2n) is 4.71. The summed E-state index contributed by atoms with van der Waals surface area (Å²) in [7, 11) is 0. The molecule has 0 radical (unpaired) electrons. The highest BCUT2D eigenvalue weighted by molar-refractivity contribution is 9.10. The minimum absolute atomic E-state index is 0.0218. The van der Waals surface area contributed by atoms with Crippen molar-refractivity contribution in [1.29, 1.82) is 0 Å². The largest absolute Gasteiger partial charge is 0.384 e. The summed E-state index contributed by atoms with van der Waals surface area (Å²) in [5.41, 5.74) is 6.95. The Morgan fingerprint density at radius 1 is 1.14 bits per heavy atom. The second-order valence-corrected chi connectivity index (χ2v) is 5.62. The number of hydrogen-bond acceptors (Lipinski definition) is 4. The summed E-state index contributed by atoms with van der Waals surface area (Å²) in [5, 5.41) is 2.14. The van der Waals surface area contributed by atoms with Crippen LogP contribution in [0.5, 0.6) is 0 Å². The third-order valence-electron chi connectivity index (χ3n) is 3.35. The standard InChI is InChI=1S/C14H10BrN3O3/c1-6-4-7(15)2-3-9(6)18-10(19)5-8-11(12(18)16)14(21)17-13(8)20/h2-5H,16H2,1H3,(H,17,20,21). The monoisotopic (exact) mass is 347 g/mol. The summed E-state index contributed by atoms with van der Waals surface area (Å²) < 4.78 is 2.10. The molecule has 21 heavy (non-hydrogen) atoms. The summed E-state index contributed by atoms with van der Waals surface area (Å²) >= 11 is 3.35. The summed E-state index contributed by atoms with van der Waals surface area (Å²) in [6.45, 7) is 1.82. The van der Waals surface area contributed by atoms with E-state index in [1.54, 1.807) is 12.1 Å². The molecule has 1 aliphatic heterocycles. The second kappa shape index (κ2) is 4.56. The average molecular weight is 348 g/mol. The SMILES string of the molecule is Cc1cc(Br)ccc1-n1c(N)c2c(cc1=O)C(=O)NC2=O. The van der Waals surface area contributed by atoms with Crippen LogP contribution in [-0.2, 0) is 0 Å². The van der Waals surface area contributed by atoms with Crippen molar-refractivity contribution in [3.8, 4) is 5.69 Å². The van der Waals surface area contributed by atoms with E-state index in [4.69, 9.17) is 5.73 Å². The van der Waals surface area contributed by atoms with Crippen LogP contribution in [0.2, 0.25) is 0 Å². The number of aryl methyl sites for hydroxylation is 1. The third-order valence-corrected chi connectivity index (χ3v) is 3.85. The lowest BCUT2D eigenvalue weighted by Crippen LogP contribution is -2.24. The van der Waals surface area contributed by atoms with Crippen LogP contribution in [0.3, 0.4) is 0 Å². The van der Waals surface area contributed by atoms with Crippen LogP contribution >= 0.6 is 15.9 Å². The summed E-state index contributed by atoms with van der Waals surface area (Å²) in [6.07, 6.45) is 0. The Kier molecular flexibility index (Phi) is 2.94. The number of halogens is 1. The summed E-state index contributed by atoms with van der Waals surface area (Å²) in [6, 6.07) is 6.46. The lowest BCUT2D eigenvalue weighted by atomic mass is 10.1. The van der Waals surface area contributed by atoms with E-state index in [1.807, 2.05) is 13.0 Å². The lowest BCUT2D eigenvalue weighted by molar-refractivity contribution is 0.0880. The molecule has 0 saturated carbocycles. The first-order valence-corrected chi connectivity index (χ1v) is 6.87. The van der Waals surface area contributed by atoms with Crippen molar-refractivity contribution < 1.29 is 9.59 Å². The van der Waals surface area contributed by atoms with Crippen molar-refractivity contribution in [2.45, 2.75) is 6.92 Å². The Balaban J connectivity index is 2.35. The number of amides is 2. The van der Waals surface area contributed by atoms with Gasteiger partial charge in [0.1, 0.15) is 5.82 Å². The average Bonchev–Trinajstić information content (AvgIpc) is 2.67. The van der Waals surface area contributed by atoms with Gasteiger partial charge in [-0.3, -0.25) is 24.3 Å². The van der Waals surface area contributed by atoms with Crippen molar-refractivity contribution in [3.05, 3.63) is 55.8 Å². The molecule has 1 aromatic heterocycles. The van der Waals surface area contributed by atoms with Crippen molar-refractivity contribution in [3.63, 3.8) is 0 Å². The highest BCUT2D eigenvalue weighted by Gasteiger charge is 2.31. The number of benzene rings is 1. The lowest BCUT2D eigenvalue weighted by Gasteiger charge is -2.14. The van der Waals surface area contributed by atoms with Gasteiger partial charge in [0.05, 0.1) is 16.8 Å². The van der Waals surface area contributed by atoms with Gasteiger partial charge in [0, 0.05) is 10.5 Å². The molecule has 2 aromatic rings. The zero-order valence-corrected chi connectivity index (χ0v) is 12.5. The normalized spacial score (nSPS) is 13.2. The number of nitrogens with one attached hydrogen (secondary N) is 1. The maximum atomic E-state index is 12.3. The molecule has 0 spiro atoms. The van der Waals surface area contributed by atoms with Crippen LogP contribution in [0.25, 0.3) is 5.69 Å². The predicted octanol–water partition coefficient (Wildman–Crippen LogP) is 1.37. The summed E-state index contributed by atoms with van der Waals surface area (Å²) in [4.78, 5) is 35.7. The highest BCUT2D eigenvalue weighted by atomic mass is 79.9. The molecular weight excluding hydrogens is 338 g/mol. The molecule has 3 N–H and O–H groups in total. The van der Waals surface area contributed by atoms with Gasteiger partial charge in [-0.15, -0.1) is 0 Å². The fraction of sp³-hybridized carbons (Fsp3) is 0.0714. The maximum absolute atomic E-state index is 12.3. The van der Waals surface area contributed by atoms with E-state index in [0.29, 0.717) is 5.69 Å². The number of anilines is 1. The maximum Gasteiger partial charge on any atom is 0.262 e. The molecule has 0 saturated heterocycles. The van der Waals surface area contributed by atoms with Gasteiger partial charge >= 0.3 is 0 Å². The minimum atomic E-state index is -0.599. The van der Waals surface area contributed by atoms with E-state index in [9.17, 15) is 14.4 Å². The number of rotatable bonds is 1. The van der Waals surface area contributed by atoms with Crippen LogP contribution in [0, 0.1) is 6.92 Å². The van der Waals surface area contributed by atoms with Crippen LogP contribution in [-0.4, -0.2) is 16.4 Å². The van der Waals surface area contributed by atoms with E-state index in [-0.39, 0.29) is 16.9 Å². The van der Waals surface area contributed by atoms with Gasteiger partial charge in [-0.25, -0.2) is 0 Å². The number of imide groups is 1.